The summed E-state index contributed by atoms with van der Waals surface area (Å²) in [4.78, 5) is 0. The summed E-state index contributed by atoms with van der Waals surface area (Å²) in [6, 6.07) is 3.80. The van der Waals surface area contributed by atoms with Gasteiger partial charge in [-0.1, -0.05) is 12.1 Å². The maximum atomic E-state index is 13.1. The molecule has 0 spiro atoms. The molecule has 0 amide bonds. The van der Waals surface area contributed by atoms with Crippen LogP contribution in [0.5, 0.6) is 0 Å². The summed E-state index contributed by atoms with van der Waals surface area (Å²) in [6.45, 7) is -1.08. The number of hydrogen-bond donors (Lipinski definition) is 1. The number of benzene rings is 1. The lowest BCUT2D eigenvalue weighted by Gasteiger charge is -2.18. The molecule has 2 N–H and O–H groups in total. The van der Waals surface area contributed by atoms with Crippen molar-refractivity contribution < 1.29 is 17.6 Å². The zero-order chi connectivity index (χ0) is 10.8. The van der Waals surface area contributed by atoms with Crippen LogP contribution in [0, 0.1) is 5.82 Å². The molecule has 1 nitrogen and oxygen atoms in total. The first-order chi connectivity index (χ1) is 6.47. The van der Waals surface area contributed by atoms with E-state index in [-0.39, 0.29) is 5.56 Å². The minimum Gasteiger partial charge on any atom is -0.325 e. The fourth-order valence-corrected chi connectivity index (χ4v) is 0.979. The molecule has 0 saturated heterocycles. The van der Waals surface area contributed by atoms with Gasteiger partial charge in [0, 0.05) is 0 Å². The van der Waals surface area contributed by atoms with Gasteiger partial charge in [0.1, 0.15) is 5.82 Å². The monoisotopic (exact) mass is 207 g/mol. The van der Waals surface area contributed by atoms with Crippen LogP contribution in [0.15, 0.2) is 24.3 Å². The van der Waals surface area contributed by atoms with Crippen molar-refractivity contribution in [3.05, 3.63) is 35.6 Å². The first-order valence-electron chi connectivity index (χ1n) is 3.95. The highest BCUT2D eigenvalue weighted by molar-refractivity contribution is 5.20. The van der Waals surface area contributed by atoms with Crippen LogP contribution in [-0.4, -0.2) is 12.5 Å². The molecular weight excluding hydrogens is 198 g/mol. The quantitative estimate of drug-likeness (QED) is 0.757. The standard InChI is InChI=1S/C9H9F4N/c10-7-3-1-6(2-4-7)8(11)9(12,13)5-14/h1-4,8H,5,14H2/t8-/m0/s1. The average Bonchev–Trinajstić information content (AvgIpc) is 2.18. The molecule has 1 aromatic rings. The molecule has 0 aliphatic rings. The van der Waals surface area contributed by atoms with Gasteiger partial charge in [-0.15, -0.1) is 0 Å². The summed E-state index contributed by atoms with van der Waals surface area (Å²) >= 11 is 0. The van der Waals surface area contributed by atoms with Gasteiger partial charge in [-0.2, -0.15) is 0 Å². The molecule has 1 rings (SSSR count). The van der Waals surface area contributed by atoms with Gasteiger partial charge in [-0.3, -0.25) is 0 Å². The molecule has 14 heavy (non-hydrogen) atoms. The molecule has 78 valence electrons. The van der Waals surface area contributed by atoms with Crippen molar-refractivity contribution in [1.29, 1.82) is 0 Å². The van der Waals surface area contributed by atoms with E-state index in [1.54, 1.807) is 0 Å². The fraction of sp³-hybridized carbons (Fsp3) is 0.333. The molecule has 0 aromatic heterocycles. The second kappa shape index (κ2) is 3.96. The van der Waals surface area contributed by atoms with Gasteiger partial charge in [-0.25, -0.2) is 17.6 Å². The third-order valence-electron chi connectivity index (χ3n) is 1.81. The SMILES string of the molecule is NCC(F)(F)[C@@H](F)c1ccc(F)cc1. The summed E-state index contributed by atoms with van der Waals surface area (Å²) < 4.78 is 51.0. The Morgan fingerprint density at radius 3 is 2.14 bits per heavy atom. The Hall–Kier alpha value is -1.10. The van der Waals surface area contributed by atoms with E-state index in [0.29, 0.717) is 0 Å². The summed E-state index contributed by atoms with van der Waals surface area (Å²) in [5, 5.41) is 0. The summed E-state index contributed by atoms with van der Waals surface area (Å²) in [6.07, 6.45) is -2.49. The molecule has 1 atom stereocenters. The van der Waals surface area contributed by atoms with Crippen LogP contribution < -0.4 is 5.73 Å². The Kier molecular flexibility index (Phi) is 3.10. The second-order valence-corrected chi connectivity index (χ2v) is 2.88. The van der Waals surface area contributed by atoms with Crippen LogP contribution in [0.2, 0.25) is 0 Å². The number of rotatable bonds is 3. The van der Waals surface area contributed by atoms with Gasteiger partial charge >= 0.3 is 0 Å². The Labute approximate surface area is 78.5 Å². The molecule has 0 fully saturated rings. The van der Waals surface area contributed by atoms with Crippen molar-refractivity contribution in [2.75, 3.05) is 6.54 Å². The van der Waals surface area contributed by atoms with Crippen LogP contribution in [0.3, 0.4) is 0 Å². The van der Waals surface area contributed by atoms with E-state index in [4.69, 9.17) is 5.73 Å². The van der Waals surface area contributed by atoms with Gasteiger partial charge in [-0.05, 0) is 17.7 Å². The van der Waals surface area contributed by atoms with Crippen molar-refractivity contribution in [3.63, 3.8) is 0 Å². The maximum absolute atomic E-state index is 13.1. The molecular formula is C9H9F4N. The first kappa shape index (κ1) is 11.0. The molecule has 1 aromatic carbocycles. The van der Waals surface area contributed by atoms with E-state index in [2.05, 4.69) is 0 Å². The third kappa shape index (κ3) is 2.23. The lowest BCUT2D eigenvalue weighted by molar-refractivity contribution is -0.0651. The highest BCUT2D eigenvalue weighted by Gasteiger charge is 2.39. The maximum Gasteiger partial charge on any atom is 0.294 e. The minimum absolute atomic E-state index is 0.276. The normalized spacial score (nSPS) is 14.1. The Balaban J connectivity index is 2.89. The van der Waals surface area contributed by atoms with Crippen LogP contribution in [0.4, 0.5) is 17.6 Å². The van der Waals surface area contributed by atoms with E-state index in [1.807, 2.05) is 0 Å². The molecule has 0 unspecified atom stereocenters. The van der Waals surface area contributed by atoms with E-state index < -0.39 is 24.5 Å². The van der Waals surface area contributed by atoms with Crippen molar-refractivity contribution in [2.45, 2.75) is 12.1 Å². The highest BCUT2D eigenvalue weighted by Crippen LogP contribution is 2.33. The van der Waals surface area contributed by atoms with E-state index in [0.717, 1.165) is 24.3 Å². The van der Waals surface area contributed by atoms with Gasteiger partial charge in [0.15, 0.2) is 6.17 Å². The van der Waals surface area contributed by atoms with Gasteiger partial charge < -0.3 is 5.73 Å². The molecule has 0 radical (unpaired) electrons. The Bertz CT molecular complexity index is 296. The van der Waals surface area contributed by atoms with Crippen molar-refractivity contribution in [1.82, 2.24) is 0 Å². The smallest absolute Gasteiger partial charge is 0.294 e. The minimum atomic E-state index is -3.61. The first-order valence-corrected chi connectivity index (χ1v) is 3.95. The van der Waals surface area contributed by atoms with Crippen LogP contribution >= 0.6 is 0 Å². The number of alkyl halides is 3. The van der Waals surface area contributed by atoms with Crippen molar-refractivity contribution in [3.8, 4) is 0 Å². The molecule has 0 saturated carbocycles. The lowest BCUT2D eigenvalue weighted by atomic mass is 10.1. The van der Waals surface area contributed by atoms with Gasteiger partial charge in [0.25, 0.3) is 5.92 Å². The van der Waals surface area contributed by atoms with Crippen LogP contribution in [0.25, 0.3) is 0 Å². The second-order valence-electron chi connectivity index (χ2n) is 2.88. The molecule has 0 bridgehead atoms. The van der Waals surface area contributed by atoms with E-state index in [9.17, 15) is 17.6 Å². The van der Waals surface area contributed by atoms with E-state index >= 15 is 0 Å². The van der Waals surface area contributed by atoms with Gasteiger partial charge in [0.05, 0.1) is 6.54 Å². The lowest BCUT2D eigenvalue weighted by Crippen LogP contribution is -2.32. The summed E-state index contributed by atoms with van der Waals surface area (Å²) in [7, 11) is 0. The topological polar surface area (TPSA) is 26.0 Å². The Morgan fingerprint density at radius 2 is 1.71 bits per heavy atom. The predicted octanol–water partition coefficient (Wildman–Crippen LogP) is 2.43. The highest BCUT2D eigenvalue weighted by atomic mass is 19.3. The number of halogens is 4. The average molecular weight is 207 g/mol. The van der Waals surface area contributed by atoms with Crippen molar-refractivity contribution in [2.24, 2.45) is 5.73 Å². The fourth-order valence-electron chi connectivity index (χ4n) is 0.979. The number of nitrogens with two attached hydrogens (primary N) is 1. The predicted molar refractivity (Wildman–Crippen MR) is 44.3 cm³/mol. The summed E-state index contributed by atoms with van der Waals surface area (Å²) in [5.41, 5.74) is 4.43. The largest absolute Gasteiger partial charge is 0.325 e. The van der Waals surface area contributed by atoms with E-state index in [1.165, 1.54) is 0 Å². The number of hydrogen-bond acceptors (Lipinski definition) is 1. The molecule has 0 heterocycles. The zero-order valence-electron chi connectivity index (χ0n) is 7.18. The third-order valence-corrected chi connectivity index (χ3v) is 1.81. The Morgan fingerprint density at radius 1 is 1.21 bits per heavy atom. The zero-order valence-corrected chi connectivity index (χ0v) is 7.18. The molecule has 5 heteroatoms. The molecule has 0 aliphatic heterocycles. The van der Waals surface area contributed by atoms with Crippen LogP contribution in [0.1, 0.15) is 11.7 Å². The van der Waals surface area contributed by atoms with Crippen molar-refractivity contribution >= 4 is 0 Å². The van der Waals surface area contributed by atoms with Crippen LogP contribution in [-0.2, 0) is 0 Å². The van der Waals surface area contributed by atoms with Gasteiger partial charge in [0.2, 0.25) is 0 Å². The molecule has 0 aliphatic carbocycles. The summed E-state index contributed by atoms with van der Waals surface area (Å²) in [5.74, 6) is -4.21.